The first kappa shape index (κ1) is 17.5. The Hall–Kier alpha value is -2.96. The molecule has 6 nitrogen and oxygen atoms in total. The Balaban J connectivity index is 1.19. The Morgan fingerprint density at radius 3 is 2.74 bits per heavy atom. The van der Waals surface area contributed by atoms with Crippen LogP contribution in [0.5, 0.6) is 17.2 Å². The van der Waals surface area contributed by atoms with Gasteiger partial charge in [0.15, 0.2) is 11.5 Å². The topological polar surface area (TPSA) is 68.8 Å². The summed E-state index contributed by atoms with van der Waals surface area (Å²) in [5, 5.41) is 5.58. The number of hydrogen-bond donors (Lipinski definition) is 2. The molecule has 7 heteroatoms. The van der Waals surface area contributed by atoms with Crippen molar-refractivity contribution in [2.24, 2.45) is 0 Å². The lowest BCUT2D eigenvalue weighted by Crippen LogP contribution is -2.41. The minimum Gasteiger partial charge on any atom is -0.492 e. The van der Waals surface area contributed by atoms with Gasteiger partial charge in [0.2, 0.25) is 6.79 Å². The monoisotopic (exact) mass is 372 g/mol. The maximum Gasteiger partial charge on any atom is 0.314 e. The van der Waals surface area contributed by atoms with E-state index < -0.39 is 0 Å². The second kappa shape index (κ2) is 7.34. The number of hydrogen-bond acceptors (Lipinski definition) is 4. The number of nitrogens with one attached hydrogen (secondary N) is 2. The number of amides is 2. The van der Waals surface area contributed by atoms with Crippen molar-refractivity contribution >= 4 is 6.03 Å². The highest BCUT2D eigenvalue weighted by Gasteiger charge is 2.45. The van der Waals surface area contributed by atoms with E-state index >= 15 is 0 Å². The molecule has 0 saturated heterocycles. The third-order valence-electron chi connectivity index (χ3n) is 4.89. The Kier molecular flexibility index (Phi) is 4.75. The Bertz CT molecular complexity index is 838. The van der Waals surface area contributed by atoms with Gasteiger partial charge in [0, 0.05) is 18.0 Å². The van der Waals surface area contributed by atoms with Crippen LogP contribution in [0.25, 0.3) is 0 Å². The highest BCUT2D eigenvalue weighted by atomic mass is 19.1. The van der Waals surface area contributed by atoms with Gasteiger partial charge < -0.3 is 24.8 Å². The van der Waals surface area contributed by atoms with E-state index in [1.54, 1.807) is 30.3 Å². The van der Waals surface area contributed by atoms with Crippen LogP contribution in [0, 0.1) is 5.82 Å². The number of ether oxygens (including phenoxy) is 3. The van der Waals surface area contributed by atoms with Crippen LogP contribution in [0.3, 0.4) is 0 Å². The van der Waals surface area contributed by atoms with E-state index in [0.717, 1.165) is 12.8 Å². The van der Waals surface area contributed by atoms with Crippen LogP contribution in [0.1, 0.15) is 18.4 Å². The largest absolute Gasteiger partial charge is 0.492 e. The van der Waals surface area contributed by atoms with Crippen molar-refractivity contribution in [1.82, 2.24) is 10.6 Å². The molecule has 1 heterocycles. The SMILES string of the molecule is O=C(NCCOc1ccc2c(c1)OCO2)NCC1(c2ccccc2F)CC1. The quantitative estimate of drug-likeness (QED) is 0.734. The predicted molar refractivity (Wildman–Crippen MR) is 96.8 cm³/mol. The van der Waals surface area contributed by atoms with Crippen molar-refractivity contribution in [3.05, 3.63) is 53.8 Å². The van der Waals surface area contributed by atoms with Gasteiger partial charge in [0.25, 0.3) is 0 Å². The lowest BCUT2D eigenvalue weighted by atomic mass is 9.95. The molecule has 0 atom stereocenters. The predicted octanol–water partition coefficient (Wildman–Crippen LogP) is 2.96. The number of carbonyl (C=O) groups excluding carboxylic acids is 1. The first-order valence-corrected chi connectivity index (χ1v) is 8.95. The third-order valence-corrected chi connectivity index (χ3v) is 4.89. The molecule has 142 valence electrons. The second-order valence-electron chi connectivity index (χ2n) is 6.73. The number of halogens is 1. The zero-order valence-electron chi connectivity index (χ0n) is 14.8. The van der Waals surface area contributed by atoms with E-state index in [1.165, 1.54) is 6.07 Å². The zero-order valence-corrected chi connectivity index (χ0v) is 14.8. The number of fused-ring (bicyclic) bond motifs is 1. The molecule has 0 bridgehead atoms. The van der Waals surface area contributed by atoms with Gasteiger partial charge in [-0.3, -0.25) is 0 Å². The average Bonchev–Trinajstić information content (AvgIpc) is 3.32. The molecule has 1 fully saturated rings. The first-order valence-electron chi connectivity index (χ1n) is 8.95. The summed E-state index contributed by atoms with van der Waals surface area (Å²) in [6.45, 7) is 1.32. The summed E-state index contributed by atoms with van der Waals surface area (Å²) in [5.74, 6) is 1.79. The summed E-state index contributed by atoms with van der Waals surface area (Å²) >= 11 is 0. The molecule has 2 N–H and O–H groups in total. The lowest BCUT2D eigenvalue weighted by Gasteiger charge is -2.17. The summed E-state index contributed by atoms with van der Waals surface area (Å²) in [4.78, 5) is 12.0. The summed E-state index contributed by atoms with van der Waals surface area (Å²) in [5.41, 5.74) is 0.405. The lowest BCUT2D eigenvalue weighted by molar-refractivity contribution is 0.173. The average molecular weight is 372 g/mol. The zero-order chi connectivity index (χ0) is 18.7. The van der Waals surface area contributed by atoms with Gasteiger partial charge in [0.1, 0.15) is 18.2 Å². The molecule has 1 aliphatic heterocycles. The van der Waals surface area contributed by atoms with Gasteiger partial charge in [-0.2, -0.15) is 0 Å². The van der Waals surface area contributed by atoms with E-state index in [0.29, 0.717) is 42.5 Å². The van der Waals surface area contributed by atoms with E-state index in [-0.39, 0.29) is 24.1 Å². The Labute approximate surface area is 156 Å². The molecule has 0 radical (unpaired) electrons. The molecular weight excluding hydrogens is 351 g/mol. The highest BCUT2D eigenvalue weighted by molar-refractivity contribution is 5.74. The Morgan fingerprint density at radius 1 is 1.11 bits per heavy atom. The number of urea groups is 1. The van der Waals surface area contributed by atoms with Gasteiger partial charge in [-0.15, -0.1) is 0 Å². The van der Waals surface area contributed by atoms with E-state index in [9.17, 15) is 9.18 Å². The molecule has 2 aromatic carbocycles. The van der Waals surface area contributed by atoms with E-state index in [2.05, 4.69) is 10.6 Å². The van der Waals surface area contributed by atoms with Crippen LogP contribution in [0.15, 0.2) is 42.5 Å². The smallest absolute Gasteiger partial charge is 0.314 e. The van der Waals surface area contributed by atoms with Gasteiger partial charge >= 0.3 is 6.03 Å². The van der Waals surface area contributed by atoms with Crippen LogP contribution in [-0.2, 0) is 5.41 Å². The summed E-state index contributed by atoms with van der Waals surface area (Å²) < 4.78 is 30.1. The minimum absolute atomic E-state index is 0.214. The second-order valence-corrected chi connectivity index (χ2v) is 6.73. The fraction of sp³-hybridized carbons (Fsp3) is 0.350. The maximum atomic E-state index is 14.0. The highest BCUT2D eigenvalue weighted by Crippen LogP contribution is 2.48. The van der Waals surface area contributed by atoms with Crippen molar-refractivity contribution in [1.29, 1.82) is 0 Å². The number of carbonyl (C=O) groups is 1. The molecule has 0 spiro atoms. The first-order chi connectivity index (χ1) is 13.2. The number of benzene rings is 2. The molecule has 1 saturated carbocycles. The molecule has 0 aromatic heterocycles. The van der Waals surface area contributed by atoms with Gasteiger partial charge in [-0.05, 0) is 36.6 Å². The third kappa shape index (κ3) is 3.92. The molecule has 2 aliphatic rings. The van der Waals surface area contributed by atoms with Crippen molar-refractivity contribution < 1.29 is 23.4 Å². The van der Waals surface area contributed by atoms with Crippen LogP contribution >= 0.6 is 0 Å². The molecular formula is C20H21FN2O4. The normalized spacial score (nSPS) is 15.9. The van der Waals surface area contributed by atoms with Crippen molar-refractivity contribution in [3.8, 4) is 17.2 Å². The fourth-order valence-corrected chi connectivity index (χ4v) is 3.20. The van der Waals surface area contributed by atoms with E-state index in [1.807, 2.05) is 6.07 Å². The standard InChI is InChI=1S/C20H21FN2O4/c21-16-4-2-1-3-15(16)20(7-8-20)12-23-19(24)22-9-10-25-14-5-6-17-18(11-14)27-13-26-17/h1-6,11H,7-10,12-13H2,(H2,22,23,24). The molecule has 0 unspecified atom stereocenters. The van der Waals surface area contributed by atoms with Crippen LogP contribution < -0.4 is 24.8 Å². The summed E-state index contributed by atoms with van der Waals surface area (Å²) in [7, 11) is 0. The Morgan fingerprint density at radius 2 is 1.93 bits per heavy atom. The minimum atomic E-state index is -0.285. The summed E-state index contributed by atoms with van der Waals surface area (Å²) in [6.07, 6.45) is 1.75. The van der Waals surface area contributed by atoms with Gasteiger partial charge in [-0.1, -0.05) is 18.2 Å². The molecule has 2 aromatic rings. The fourth-order valence-electron chi connectivity index (χ4n) is 3.20. The van der Waals surface area contributed by atoms with Gasteiger partial charge in [0.05, 0.1) is 6.54 Å². The molecule has 4 rings (SSSR count). The van der Waals surface area contributed by atoms with Crippen LogP contribution in [0.4, 0.5) is 9.18 Å². The summed E-state index contributed by atoms with van der Waals surface area (Å²) in [6, 6.07) is 11.8. The van der Waals surface area contributed by atoms with Crippen molar-refractivity contribution in [3.63, 3.8) is 0 Å². The van der Waals surface area contributed by atoms with Crippen LogP contribution in [-0.4, -0.2) is 32.5 Å². The van der Waals surface area contributed by atoms with Gasteiger partial charge in [-0.25, -0.2) is 9.18 Å². The van der Waals surface area contributed by atoms with Crippen LogP contribution in [0.2, 0.25) is 0 Å². The van der Waals surface area contributed by atoms with Crippen molar-refractivity contribution in [2.45, 2.75) is 18.3 Å². The molecule has 2 amide bonds. The number of rotatable bonds is 7. The molecule has 1 aliphatic carbocycles. The maximum absolute atomic E-state index is 14.0. The van der Waals surface area contributed by atoms with E-state index in [4.69, 9.17) is 14.2 Å². The molecule has 27 heavy (non-hydrogen) atoms. The van der Waals surface area contributed by atoms with Crippen molar-refractivity contribution in [2.75, 3.05) is 26.5 Å².